The fourth-order valence-electron chi connectivity index (χ4n) is 3.30. The van der Waals surface area contributed by atoms with Gasteiger partial charge in [-0.1, -0.05) is 60.7 Å². The van der Waals surface area contributed by atoms with E-state index in [2.05, 4.69) is 11.4 Å². The Morgan fingerprint density at radius 1 is 0.969 bits per heavy atom. The van der Waals surface area contributed by atoms with Gasteiger partial charge in [0.2, 0.25) is 0 Å². The van der Waals surface area contributed by atoms with E-state index in [-0.39, 0.29) is 0 Å². The number of ether oxygens (including phenoxy) is 2. The lowest BCUT2D eigenvalue weighted by Gasteiger charge is -2.25. The van der Waals surface area contributed by atoms with E-state index in [1.807, 2.05) is 81.4 Å². The van der Waals surface area contributed by atoms with Crippen LogP contribution in [0.15, 0.2) is 78.9 Å². The third-order valence-electron chi connectivity index (χ3n) is 4.73. The Morgan fingerprint density at radius 3 is 2.19 bits per heavy atom. The highest BCUT2D eigenvalue weighted by molar-refractivity contribution is 5.69. The van der Waals surface area contributed by atoms with Gasteiger partial charge in [-0.05, 0) is 56.5 Å². The number of carbonyl (C=O) groups is 1. The number of carbonyl (C=O) groups excluding carboxylic acids is 1. The van der Waals surface area contributed by atoms with E-state index in [9.17, 15) is 10.1 Å². The molecule has 0 aromatic heterocycles. The number of hydrogen-bond acceptors (Lipinski definition) is 4. The maximum atomic E-state index is 12.6. The maximum Gasteiger partial charge on any atom is 0.408 e. The second-order valence-corrected chi connectivity index (χ2v) is 8.53. The highest BCUT2D eigenvalue weighted by Crippen LogP contribution is 2.30. The first-order valence-electron chi connectivity index (χ1n) is 10.6. The Labute approximate surface area is 189 Å². The van der Waals surface area contributed by atoms with Crippen LogP contribution in [0.1, 0.15) is 49.1 Å². The van der Waals surface area contributed by atoms with E-state index in [1.54, 1.807) is 18.2 Å². The molecule has 3 aromatic carbocycles. The summed E-state index contributed by atoms with van der Waals surface area (Å²) < 4.78 is 11.6. The number of alkyl carbamates (subject to hydrolysis) is 1. The van der Waals surface area contributed by atoms with Crippen LogP contribution in [0.5, 0.6) is 5.75 Å². The molecule has 0 radical (unpaired) electrons. The van der Waals surface area contributed by atoms with Crippen LogP contribution in [-0.4, -0.2) is 11.7 Å². The van der Waals surface area contributed by atoms with E-state index < -0.39 is 17.7 Å². The van der Waals surface area contributed by atoms with Crippen molar-refractivity contribution < 1.29 is 14.3 Å². The smallest absolute Gasteiger partial charge is 0.408 e. The molecule has 5 nitrogen and oxygen atoms in total. The average molecular weight is 429 g/mol. The molecular weight excluding hydrogens is 400 g/mol. The molecule has 0 bridgehead atoms. The van der Waals surface area contributed by atoms with Crippen molar-refractivity contribution in [3.8, 4) is 11.8 Å². The van der Waals surface area contributed by atoms with E-state index in [4.69, 9.17) is 9.47 Å². The van der Waals surface area contributed by atoms with Crippen molar-refractivity contribution in [1.29, 1.82) is 5.26 Å². The Kier molecular flexibility index (Phi) is 7.51. The summed E-state index contributed by atoms with van der Waals surface area (Å²) in [5.74, 6) is 0.616. The number of benzene rings is 3. The molecule has 1 N–H and O–H groups in total. The van der Waals surface area contributed by atoms with Gasteiger partial charge in [-0.25, -0.2) is 4.79 Å². The highest BCUT2D eigenvalue weighted by Gasteiger charge is 2.24. The van der Waals surface area contributed by atoms with Crippen molar-refractivity contribution in [2.45, 2.75) is 45.4 Å². The Balaban J connectivity index is 1.93. The normalized spacial score (nSPS) is 11.8. The minimum absolute atomic E-state index is 0.379. The van der Waals surface area contributed by atoms with Gasteiger partial charge >= 0.3 is 6.09 Å². The minimum Gasteiger partial charge on any atom is -0.489 e. The van der Waals surface area contributed by atoms with E-state index >= 15 is 0 Å². The predicted octanol–water partition coefficient (Wildman–Crippen LogP) is 5.95. The molecule has 0 fully saturated rings. The van der Waals surface area contributed by atoms with Gasteiger partial charge in [0.05, 0.1) is 17.7 Å². The molecule has 1 unspecified atom stereocenters. The minimum atomic E-state index is -0.622. The molecule has 0 saturated heterocycles. The summed E-state index contributed by atoms with van der Waals surface area (Å²) in [6.45, 7) is 5.85. The van der Waals surface area contributed by atoms with Crippen LogP contribution in [0.2, 0.25) is 0 Å². The topological polar surface area (TPSA) is 71.3 Å². The third kappa shape index (κ3) is 6.88. The Morgan fingerprint density at radius 2 is 1.59 bits per heavy atom. The molecule has 3 rings (SSSR count). The number of amides is 1. The quantitative estimate of drug-likeness (QED) is 0.505. The lowest BCUT2D eigenvalue weighted by atomic mass is 9.96. The molecule has 0 aliphatic heterocycles. The number of rotatable bonds is 7. The zero-order valence-electron chi connectivity index (χ0n) is 18.7. The van der Waals surface area contributed by atoms with Crippen molar-refractivity contribution in [3.63, 3.8) is 0 Å². The third-order valence-corrected chi connectivity index (χ3v) is 4.73. The van der Waals surface area contributed by atoms with Gasteiger partial charge in [0, 0.05) is 5.56 Å². The van der Waals surface area contributed by atoms with Gasteiger partial charge in [0.1, 0.15) is 18.0 Å². The fourth-order valence-corrected chi connectivity index (χ4v) is 3.30. The van der Waals surface area contributed by atoms with Gasteiger partial charge in [0.15, 0.2) is 0 Å². The SMILES string of the molecule is CC(C)(C)OC(=O)NC(Cc1ccccc1)c1cc(C#N)ccc1OCc1ccccc1. The van der Waals surface area contributed by atoms with Crippen LogP contribution in [0.25, 0.3) is 0 Å². The number of nitrogens with one attached hydrogen (secondary N) is 1. The van der Waals surface area contributed by atoms with Crippen molar-refractivity contribution in [1.82, 2.24) is 5.32 Å². The molecule has 1 amide bonds. The van der Waals surface area contributed by atoms with Crippen LogP contribution in [-0.2, 0) is 17.8 Å². The summed E-state index contributed by atoms with van der Waals surface area (Å²) in [5.41, 5.74) is 2.68. The monoisotopic (exact) mass is 428 g/mol. The number of hydrogen-bond donors (Lipinski definition) is 1. The molecule has 3 aromatic rings. The molecule has 32 heavy (non-hydrogen) atoms. The van der Waals surface area contributed by atoms with Crippen LogP contribution in [0, 0.1) is 11.3 Å². The molecule has 1 atom stereocenters. The number of nitrogens with zero attached hydrogens (tertiary/aromatic N) is 1. The molecular formula is C27H28N2O3. The molecule has 0 heterocycles. The van der Waals surface area contributed by atoms with E-state index in [0.29, 0.717) is 24.3 Å². The van der Waals surface area contributed by atoms with Crippen molar-refractivity contribution in [2.75, 3.05) is 0 Å². The first-order chi connectivity index (χ1) is 15.3. The standard InChI is InChI=1S/C27H28N2O3/c1-27(2,3)32-26(30)29-24(17-20-10-6-4-7-11-20)23-16-22(18-28)14-15-25(23)31-19-21-12-8-5-9-13-21/h4-16,24H,17,19H2,1-3H3,(H,29,30). The zero-order chi connectivity index (χ0) is 23.0. The van der Waals surface area contributed by atoms with Crippen LogP contribution >= 0.6 is 0 Å². The molecule has 5 heteroatoms. The Hall–Kier alpha value is -3.78. The van der Waals surface area contributed by atoms with Gasteiger partial charge in [0.25, 0.3) is 0 Å². The summed E-state index contributed by atoms with van der Waals surface area (Å²) in [4.78, 5) is 12.6. The summed E-state index contributed by atoms with van der Waals surface area (Å²) in [6, 6.07) is 26.7. The largest absolute Gasteiger partial charge is 0.489 e. The van der Waals surface area contributed by atoms with E-state index in [1.165, 1.54) is 0 Å². The molecule has 0 aliphatic rings. The van der Waals surface area contributed by atoms with E-state index in [0.717, 1.165) is 16.7 Å². The lowest BCUT2D eigenvalue weighted by Crippen LogP contribution is -2.36. The summed E-state index contributed by atoms with van der Waals surface area (Å²) in [5, 5.41) is 12.4. The maximum absolute atomic E-state index is 12.6. The molecule has 0 saturated carbocycles. The van der Waals surface area contributed by atoms with Crippen molar-refractivity contribution >= 4 is 6.09 Å². The van der Waals surface area contributed by atoms with Crippen molar-refractivity contribution in [3.05, 3.63) is 101 Å². The Bertz CT molecular complexity index is 1070. The summed E-state index contributed by atoms with van der Waals surface area (Å²) in [6.07, 6.45) is 0.00576. The van der Waals surface area contributed by atoms with Gasteiger partial charge in [-0.2, -0.15) is 5.26 Å². The molecule has 0 aliphatic carbocycles. The summed E-state index contributed by atoms with van der Waals surface area (Å²) >= 11 is 0. The molecule has 0 spiro atoms. The van der Waals surface area contributed by atoms with Gasteiger partial charge in [-0.15, -0.1) is 0 Å². The lowest BCUT2D eigenvalue weighted by molar-refractivity contribution is 0.0502. The first kappa shape index (κ1) is 22.9. The second kappa shape index (κ2) is 10.5. The van der Waals surface area contributed by atoms with Gasteiger partial charge < -0.3 is 14.8 Å². The average Bonchev–Trinajstić information content (AvgIpc) is 2.77. The predicted molar refractivity (Wildman–Crippen MR) is 124 cm³/mol. The van der Waals surface area contributed by atoms with Gasteiger partial charge in [-0.3, -0.25) is 0 Å². The second-order valence-electron chi connectivity index (χ2n) is 8.53. The summed E-state index contributed by atoms with van der Waals surface area (Å²) in [7, 11) is 0. The highest BCUT2D eigenvalue weighted by atomic mass is 16.6. The molecule has 164 valence electrons. The number of nitriles is 1. The van der Waals surface area contributed by atoms with Crippen LogP contribution in [0.4, 0.5) is 4.79 Å². The first-order valence-corrected chi connectivity index (χ1v) is 10.6. The zero-order valence-corrected chi connectivity index (χ0v) is 18.7. The van der Waals surface area contributed by atoms with Crippen molar-refractivity contribution in [2.24, 2.45) is 0 Å². The fraction of sp³-hybridized carbons (Fsp3) is 0.259. The van der Waals surface area contributed by atoms with Crippen LogP contribution in [0.3, 0.4) is 0 Å². The van der Waals surface area contributed by atoms with Crippen LogP contribution < -0.4 is 10.1 Å².